The number of aromatic hydroxyl groups is 1. The summed E-state index contributed by atoms with van der Waals surface area (Å²) in [6, 6.07) is 12.2. The van der Waals surface area contributed by atoms with Crippen LogP contribution in [0.1, 0.15) is 48.7 Å². The number of carbonyl (C=O) groups excluding carboxylic acids is 2. The molecule has 0 unspecified atom stereocenters. The number of ketones is 2. The van der Waals surface area contributed by atoms with E-state index in [0.717, 1.165) is 5.56 Å². The lowest BCUT2D eigenvalue weighted by molar-refractivity contribution is -0.113. The van der Waals surface area contributed by atoms with Crippen molar-refractivity contribution in [1.82, 2.24) is 0 Å². The van der Waals surface area contributed by atoms with Crippen molar-refractivity contribution in [3.05, 3.63) is 65.2 Å². The summed E-state index contributed by atoms with van der Waals surface area (Å²) < 4.78 is 5.03. The van der Waals surface area contributed by atoms with Gasteiger partial charge in [-0.1, -0.05) is 57.2 Å². The van der Waals surface area contributed by atoms with Crippen molar-refractivity contribution in [2.75, 3.05) is 7.11 Å². The zero-order chi connectivity index (χ0) is 19.3. The highest BCUT2D eigenvalue weighted by atomic mass is 16.5. The SMILES string of the molecule is COc1cc(C=CC(=O)CC(=O)c2ccc(C(C)(C)C)cc2)ccc1O. The topological polar surface area (TPSA) is 63.6 Å². The van der Waals surface area contributed by atoms with Crippen molar-refractivity contribution in [3.8, 4) is 11.5 Å². The Morgan fingerprint density at radius 1 is 1.08 bits per heavy atom. The van der Waals surface area contributed by atoms with Crippen molar-refractivity contribution in [1.29, 1.82) is 0 Å². The van der Waals surface area contributed by atoms with Crippen molar-refractivity contribution in [2.24, 2.45) is 0 Å². The summed E-state index contributed by atoms with van der Waals surface area (Å²) in [5.74, 6) is -0.121. The Labute approximate surface area is 154 Å². The molecule has 2 aromatic carbocycles. The predicted molar refractivity (Wildman–Crippen MR) is 103 cm³/mol. The van der Waals surface area contributed by atoms with Gasteiger partial charge in [-0.25, -0.2) is 0 Å². The normalized spacial score (nSPS) is 11.5. The van der Waals surface area contributed by atoms with E-state index in [4.69, 9.17) is 4.74 Å². The predicted octanol–water partition coefficient (Wildman–Crippen LogP) is 4.55. The average Bonchev–Trinajstić information content (AvgIpc) is 2.60. The molecule has 0 bridgehead atoms. The highest BCUT2D eigenvalue weighted by molar-refractivity contribution is 6.12. The quantitative estimate of drug-likeness (QED) is 0.470. The average molecular weight is 352 g/mol. The number of allylic oxidation sites excluding steroid dienone is 1. The lowest BCUT2D eigenvalue weighted by atomic mass is 9.86. The molecule has 0 saturated carbocycles. The summed E-state index contributed by atoms with van der Waals surface area (Å²) in [7, 11) is 1.46. The number of hydrogen-bond donors (Lipinski definition) is 1. The largest absolute Gasteiger partial charge is 0.504 e. The van der Waals surface area contributed by atoms with Crippen molar-refractivity contribution >= 4 is 17.6 Å². The second-order valence-corrected chi connectivity index (χ2v) is 7.16. The highest BCUT2D eigenvalue weighted by Gasteiger charge is 2.15. The first-order valence-electron chi connectivity index (χ1n) is 8.42. The van der Waals surface area contributed by atoms with Crippen LogP contribution in [0.15, 0.2) is 48.5 Å². The molecule has 0 fully saturated rings. The number of phenolic OH excluding ortho intramolecular Hbond substituents is 1. The van der Waals surface area contributed by atoms with Crippen LogP contribution >= 0.6 is 0 Å². The van der Waals surface area contributed by atoms with Crippen molar-refractivity contribution < 1.29 is 19.4 Å². The van der Waals surface area contributed by atoms with Gasteiger partial charge in [0.2, 0.25) is 0 Å². The van der Waals surface area contributed by atoms with E-state index >= 15 is 0 Å². The zero-order valence-corrected chi connectivity index (χ0v) is 15.6. The van der Waals surface area contributed by atoms with E-state index < -0.39 is 0 Å². The van der Waals surface area contributed by atoms with Crippen LogP contribution in [0.3, 0.4) is 0 Å². The second-order valence-electron chi connectivity index (χ2n) is 7.16. The van der Waals surface area contributed by atoms with E-state index in [1.807, 2.05) is 12.1 Å². The number of hydrogen-bond acceptors (Lipinski definition) is 4. The lowest BCUT2D eigenvalue weighted by Crippen LogP contribution is -2.12. The third-order valence-electron chi connectivity index (χ3n) is 4.07. The van der Waals surface area contributed by atoms with Gasteiger partial charge < -0.3 is 9.84 Å². The molecule has 0 saturated heterocycles. The molecule has 136 valence electrons. The summed E-state index contributed by atoms with van der Waals surface area (Å²) >= 11 is 0. The fourth-order valence-electron chi connectivity index (χ4n) is 2.46. The Hall–Kier alpha value is -2.88. The summed E-state index contributed by atoms with van der Waals surface area (Å²) in [5, 5.41) is 9.57. The fraction of sp³-hybridized carbons (Fsp3) is 0.273. The molecule has 0 spiro atoms. The molecule has 0 aliphatic carbocycles. The van der Waals surface area contributed by atoms with E-state index in [9.17, 15) is 14.7 Å². The van der Waals surface area contributed by atoms with Gasteiger partial charge in [0, 0.05) is 5.56 Å². The van der Waals surface area contributed by atoms with Crippen LogP contribution in [0.25, 0.3) is 6.08 Å². The molecule has 4 heteroatoms. The molecule has 1 N–H and O–H groups in total. The maximum absolute atomic E-state index is 12.3. The number of methoxy groups -OCH3 is 1. The number of benzene rings is 2. The van der Waals surface area contributed by atoms with Gasteiger partial charge >= 0.3 is 0 Å². The van der Waals surface area contributed by atoms with E-state index in [0.29, 0.717) is 16.9 Å². The van der Waals surface area contributed by atoms with Gasteiger partial charge in [0.05, 0.1) is 13.5 Å². The van der Waals surface area contributed by atoms with E-state index in [-0.39, 0.29) is 29.2 Å². The molecule has 0 aromatic heterocycles. The van der Waals surface area contributed by atoms with E-state index in [2.05, 4.69) is 20.8 Å². The molecule has 0 amide bonds. The fourth-order valence-corrected chi connectivity index (χ4v) is 2.46. The van der Waals surface area contributed by atoms with Gasteiger partial charge in [-0.05, 0) is 34.8 Å². The molecular formula is C22H24O4. The van der Waals surface area contributed by atoms with Crippen LogP contribution in [0, 0.1) is 0 Å². The van der Waals surface area contributed by atoms with Crippen LogP contribution in [0.2, 0.25) is 0 Å². The highest BCUT2D eigenvalue weighted by Crippen LogP contribution is 2.27. The molecule has 2 rings (SSSR count). The number of carbonyl (C=O) groups is 2. The van der Waals surface area contributed by atoms with Gasteiger partial charge in [0.1, 0.15) is 0 Å². The maximum Gasteiger partial charge on any atom is 0.170 e. The molecule has 4 nitrogen and oxygen atoms in total. The van der Waals surface area contributed by atoms with Gasteiger partial charge in [0.15, 0.2) is 23.1 Å². The molecule has 0 heterocycles. The smallest absolute Gasteiger partial charge is 0.170 e. The molecule has 0 atom stereocenters. The monoisotopic (exact) mass is 352 g/mol. The van der Waals surface area contributed by atoms with Crippen molar-refractivity contribution in [2.45, 2.75) is 32.6 Å². The molecular weight excluding hydrogens is 328 g/mol. The minimum atomic E-state index is -0.276. The third-order valence-corrected chi connectivity index (χ3v) is 4.07. The minimum absolute atomic E-state index is 0.0192. The van der Waals surface area contributed by atoms with E-state index in [1.54, 1.807) is 30.3 Å². The Morgan fingerprint density at radius 3 is 2.31 bits per heavy atom. The van der Waals surface area contributed by atoms with Gasteiger partial charge in [-0.3, -0.25) is 9.59 Å². The maximum atomic E-state index is 12.3. The van der Waals surface area contributed by atoms with Crippen LogP contribution in [-0.4, -0.2) is 23.8 Å². The summed E-state index contributed by atoms with van der Waals surface area (Å²) in [6.07, 6.45) is 2.79. The summed E-state index contributed by atoms with van der Waals surface area (Å²) in [4.78, 5) is 24.3. The first kappa shape index (κ1) is 19.4. The Bertz CT molecular complexity index is 824. The minimum Gasteiger partial charge on any atom is -0.504 e. The Balaban J connectivity index is 2.02. The van der Waals surface area contributed by atoms with Crippen LogP contribution in [0.4, 0.5) is 0 Å². The number of ether oxygens (including phenoxy) is 1. The van der Waals surface area contributed by atoms with Crippen molar-refractivity contribution in [3.63, 3.8) is 0 Å². The van der Waals surface area contributed by atoms with E-state index in [1.165, 1.54) is 19.3 Å². The third kappa shape index (κ3) is 5.06. The second kappa shape index (κ2) is 8.00. The first-order valence-corrected chi connectivity index (χ1v) is 8.42. The van der Waals surface area contributed by atoms with Gasteiger partial charge in [-0.2, -0.15) is 0 Å². The van der Waals surface area contributed by atoms with Gasteiger partial charge in [0.25, 0.3) is 0 Å². The number of Topliss-reactive ketones (excluding diaryl/α,β-unsaturated/α-hetero) is 1. The Kier molecular flexibility index (Phi) is 5.98. The standard InChI is InChI=1S/C22H24O4/c1-22(2,3)17-9-7-16(8-10-17)20(25)14-18(23)11-5-15-6-12-19(24)21(13-15)26-4/h5-13,24H,14H2,1-4H3. The molecule has 0 aliphatic rings. The summed E-state index contributed by atoms with van der Waals surface area (Å²) in [5.41, 5.74) is 2.40. The molecule has 0 aliphatic heterocycles. The first-order chi connectivity index (χ1) is 12.2. The molecule has 0 radical (unpaired) electrons. The lowest BCUT2D eigenvalue weighted by Gasteiger charge is -2.18. The van der Waals surface area contributed by atoms with Crippen LogP contribution in [-0.2, 0) is 10.2 Å². The number of phenols is 1. The van der Waals surface area contributed by atoms with Crippen LogP contribution < -0.4 is 4.74 Å². The zero-order valence-electron chi connectivity index (χ0n) is 15.6. The summed E-state index contributed by atoms with van der Waals surface area (Å²) in [6.45, 7) is 6.32. The molecule has 2 aromatic rings. The number of rotatable bonds is 6. The van der Waals surface area contributed by atoms with Crippen LogP contribution in [0.5, 0.6) is 11.5 Å². The molecule has 26 heavy (non-hydrogen) atoms. The van der Waals surface area contributed by atoms with Gasteiger partial charge in [-0.15, -0.1) is 0 Å². The Morgan fingerprint density at radius 2 is 1.73 bits per heavy atom.